The summed E-state index contributed by atoms with van der Waals surface area (Å²) < 4.78 is 3.00. The Hall–Kier alpha value is -2.47. The van der Waals surface area contributed by atoms with Gasteiger partial charge in [0.15, 0.2) is 0 Å². The average Bonchev–Trinajstić information content (AvgIpc) is 2.79. The second-order valence-electron chi connectivity index (χ2n) is 5.25. The molecule has 0 amide bonds. The number of aromatic nitrogens is 4. The van der Waals surface area contributed by atoms with Crippen molar-refractivity contribution in [2.75, 3.05) is 6.26 Å². The minimum Gasteiger partial charge on any atom is -0.705 e. The van der Waals surface area contributed by atoms with Gasteiger partial charge in [-0.3, -0.25) is 20.6 Å². The van der Waals surface area contributed by atoms with Gasteiger partial charge in [0, 0.05) is 52.2 Å². The molecule has 0 bridgehead atoms. The summed E-state index contributed by atoms with van der Waals surface area (Å²) in [5.41, 5.74) is 0. The number of rotatable bonds is 1. The first-order chi connectivity index (χ1) is 14.5. The maximum absolute atomic E-state index is 9.01. The van der Waals surface area contributed by atoms with E-state index in [0.29, 0.717) is 5.03 Å². The molecule has 4 heterocycles. The van der Waals surface area contributed by atoms with E-state index in [9.17, 15) is 0 Å². The Bertz CT molecular complexity index is 911. The van der Waals surface area contributed by atoms with Gasteiger partial charge in [-0.15, -0.1) is 0 Å². The first-order valence-electron chi connectivity index (χ1n) is 8.66. The molecule has 0 saturated carbocycles. The average molecular weight is 486 g/mol. The Kier molecular flexibility index (Phi) is 20.3. The van der Waals surface area contributed by atoms with Crippen LogP contribution >= 0.6 is 11.8 Å². The SMILES string of the molecule is CSc1cccc[n+]1O.O.O[n+]1ccccc1.O[n+]1ccccc1[S-].[Na+].c1ccncc1. The number of nitrogens with zero attached hydrogens (tertiary/aromatic N) is 4. The zero-order valence-electron chi connectivity index (χ0n) is 17.8. The second-order valence-corrected chi connectivity index (χ2v) is 6.50. The number of hydrogen-bond acceptors (Lipinski definition) is 6. The second kappa shape index (κ2) is 20.4. The van der Waals surface area contributed by atoms with E-state index in [1.165, 1.54) is 18.0 Å². The molecule has 4 rings (SSSR count). The van der Waals surface area contributed by atoms with Crippen LogP contribution in [0.2, 0.25) is 0 Å². The molecule has 0 aliphatic carbocycles. The molecule has 0 atom stereocenters. The first kappa shape index (κ1) is 31.7. The Labute approximate surface area is 219 Å². The molecule has 32 heavy (non-hydrogen) atoms. The topological polar surface area (TPSA) is 117 Å². The predicted molar refractivity (Wildman–Crippen MR) is 117 cm³/mol. The summed E-state index contributed by atoms with van der Waals surface area (Å²) in [4.78, 5) is 3.78. The number of pyridine rings is 4. The van der Waals surface area contributed by atoms with Crippen LogP contribution in [0.3, 0.4) is 0 Å². The summed E-state index contributed by atoms with van der Waals surface area (Å²) in [5, 5.41) is 27.6. The van der Waals surface area contributed by atoms with Crippen LogP contribution in [0.25, 0.3) is 0 Å². The largest absolute Gasteiger partial charge is 1.00 e. The fourth-order valence-electron chi connectivity index (χ4n) is 1.70. The van der Waals surface area contributed by atoms with Gasteiger partial charge < -0.3 is 18.1 Å². The Morgan fingerprint density at radius 3 is 1.50 bits per heavy atom. The fraction of sp³-hybridized carbons (Fsp3) is 0.0476. The van der Waals surface area contributed by atoms with E-state index in [0.717, 1.165) is 19.2 Å². The molecule has 0 fully saturated rings. The van der Waals surface area contributed by atoms with Gasteiger partial charge >= 0.3 is 29.6 Å². The maximum Gasteiger partial charge on any atom is 1.00 e. The summed E-state index contributed by atoms with van der Waals surface area (Å²) in [6.07, 6.45) is 11.6. The standard InChI is InChI=1S/C6H8NOS.C5H5NOS.C5H6NO.C5H5N.Na.H2O/c1-9-6-4-2-3-5-7(6)8;7-6-4-2-1-3-5(6)8;7-6-4-2-1-3-5-6;1-2-4-6-5-3-1;;/h2-5,8H,1H3;1-4,7H;1-5,7H;1-5H;;1H2/q+1;;+1;;+1;. The van der Waals surface area contributed by atoms with Gasteiger partial charge in [0.1, 0.15) is 5.03 Å². The third kappa shape index (κ3) is 15.3. The van der Waals surface area contributed by atoms with Crippen molar-refractivity contribution >= 4 is 24.4 Å². The van der Waals surface area contributed by atoms with Crippen molar-refractivity contribution in [1.82, 2.24) is 4.98 Å². The molecular formula is C21H26N4NaO4S2+3. The Morgan fingerprint density at radius 2 is 1.22 bits per heavy atom. The van der Waals surface area contributed by atoms with Gasteiger partial charge in [0.25, 0.3) is 5.03 Å². The monoisotopic (exact) mass is 485 g/mol. The quantitative estimate of drug-likeness (QED) is 0.0996. The zero-order chi connectivity index (χ0) is 22.0. The molecule has 0 saturated heterocycles. The summed E-state index contributed by atoms with van der Waals surface area (Å²) in [6, 6.07) is 21.7. The molecule has 11 heteroatoms. The molecule has 4 aromatic heterocycles. The Balaban J connectivity index is 0. The molecule has 0 radical (unpaired) electrons. The van der Waals surface area contributed by atoms with E-state index in [-0.39, 0.29) is 35.0 Å². The summed E-state index contributed by atoms with van der Waals surface area (Å²) in [5.74, 6) is 0. The van der Waals surface area contributed by atoms with E-state index in [4.69, 9.17) is 15.6 Å². The van der Waals surface area contributed by atoms with Crippen LogP contribution in [0.1, 0.15) is 0 Å². The van der Waals surface area contributed by atoms with E-state index in [2.05, 4.69) is 17.6 Å². The smallest absolute Gasteiger partial charge is 0.705 e. The molecule has 0 aliphatic heterocycles. The third-order valence-electron chi connectivity index (χ3n) is 3.08. The molecule has 0 spiro atoms. The van der Waals surface area contributed by atoms with E-state index >= 15 is 0 Å². The van der Waals surface area contributed by atoms with Crippen LogP contribution in [0.4, 0.5) is 0 Å². The molecule has 164 valence electrons. The number of hydrogen-bond donors (Lipinski definition) is 3. The van der Waals surface area contributed by atoms with Gasteiger partial charge in [0.2, 0.25) is 24.8 Å². The molecule has 5 N–H and O–H groups in total. The van der Waals surface area contributed by atoms with Crippen molar-refractivity contribution in [3.63, 3.8) is 0 Å². The van der Waals surface area contributed by atoms with Gasteiger partial charge in [-0.05, 0) is 35.3 Å². The normalized spacial score (nSPS) is 8.28. The van der Waals surface area contributed by atoms with E-state index in [1.54, 1.807) is 67.4 Å². The summed E-state index contributed by atoms with van der Waals surface area (Å²) in [6.45, 7) is 0. The van der Waals surface area contributed by atoms with Crippen LogP contribution < -0.4 is 43.7 Å². The minimum absolute atomic E-state index is 0. The minimum atomic E-state index is 0. The fourth-order valence-corrected chi connectivity index (χ4v) is 2.30. The molecule has 0 unspecified atom stereocenters. The predicted octanol–water partition coefficient (Wildman–Crippen LogP) is -1.48. The van der Waals surface area contributed by atoms with Gasteiger partial charge in [-0.1, -0.05) is 30.0 Å². The van der Waals surface area contributed by atoms with Crippen molar-refractivity contribution in [1.29, 1.82) is 0 Å². The Morgan fingerprint density at radius 1 is 0.719 bits per heavy atom. The van der Waals surface area contributed by atoms with Crippen LogP contribution in [-0.2, 0) is 12.6 Å². The van der Waals surface area contributed by atoms with Gasteiger partial charge in [-0.2, -0.15) is 0 Å². The van der Waals surface area contributed by atoms with Crippen LogP contribution in [-0.4, -0.2) is 32.3 Å². The van der Waals surface area contributed by atoms with Crippen molar-refractivity contribution in [2.45, 2.75) is 10.1 Å². The molecule has 0 aliphatic rings. The van der Waals surface area contributed by atoms with Crippen LogP contribution in [0.15, 0.2) is 120 Å². The maximum atomic E-state index is 9.01. The van der Waals surface area contributed by atoms with Gasteiger partial charge in [-0.25, -0.2) is 0 Å². The van der Waals surface area contributed by atoms with Crippen LogP contribution in [0, 0.1) is 0 Å². The van der Waals surface area contributed by atoms with Crippen LogP contribution in [0.5, 0.6) is 0 Å². The third-order valence-corrected chi connectivity index (χ3v) is 4.15. The van der Waals surface area contributed by atoms with Crippen molar-refractivity contribution in [2.24, 2.45) is 0 Å². The van der Waals surface area contributed by atoms with Crippen molar-refractivity contribution in [3.05, 3.63) is 110 Å². The number of thioether (sulfide) groups is 1. The first-order valence-corrected chi connectivity index (χ1v) is 10.3. The van der Waals surface area contributed by atoms with E-state index < -0.39 is 0 Å². The molecular weight excluding hydrogens is 459 g/mol. The molecule has 8 nitrogen and oxygen atoms in total. The molecule has 4 aromatic rings. The van der Waals surface area contributed by atoms with Crippen molar-refractivity contribution < 1.29 is 64.8 Å². The van der Waals surface area contributed by atoms with Gasteiger partial charge in [0.05, 0.1) is 0 Å². The van der Waals surface area contributed by atoms with Crippen molar-refractivity contribution in [3.8, 4) is 0 Å². The zero-order valence-corrected chi connectivity index (χ0v) is 21.5. The van der Waals surface area contributed by atoms with E-state index in [1.807, 2.05) is 42.7 Å². The summed E-state index contributed by atoms with van der Waals surface area (Å²) >= 11 is 6.17. The summed E-state index contributed by atoms with van der Waals surface area (Å²) in [7, 11) is 0. The molecule has 0 aromatic carbocycles.